The van der Waals surface area contributed by atoms with Gasteiger partial charge in [0.05, 0.1) is 17.9 Å². The van der Waals surface area contributed by atoms with Crippen LogP contribution in [0.1, 0.15) is 23.6 Å². The second-order valence-electron chi connectivity index (χ2n) is 5.53. The SMILES string of the molecule is O=C1[C@@H]2C[C@@H]2c2nc(Br)c(F)cc2N1Cc1ccc(Cl)nc1. The molecule has 4 rings (SSSR count). The highest BCUT2D eigenvalue weighted by molar-refractivity contribution is 9.10. The third-order valence-electron chi connectivity index (χ3n) is 4.09. The molecule has 0 bridgehead atoms. The molecule has 22 heavy (non-hydrogen) atoms. The van der Waals surface area contributed by atoms with Gasteiger partial charge < -0.3 is 4.90 Å². The Kier molecular flexibility index (Phi) is 3.20. The molecule has 0 saturated heterocycles. The van der Waals surface area contributed by atoms with Crippen LogP contribution in [0.5, 0.6) is 0 Å². The summed E-state index contributed by atoms with van der Waals surface area (Å²) in [5.41, 5.74) is 2.19. The predicted octanol–water partition coefficient (Wildman–Crippen LogP) is 3.68. The molecular formula is C15H10BrClFN3O. The number of hydrogen-bond donors (Lipinski definition) is 0. The molecule has 3 heterocycles. The van der Waals surface area contributed by atoms with Gasteiger partial charge in [0.2, 0.25) is 5.91 Å². The number of hydrogen-bond acceptors (Lipinski definition) is 3. The summed E-state index contributed by atoms with van der Waals surface area (Å²) < 4.78 is 14.1. The van der Waals surface area contributed by atoms with E-state index in [0.29, 0.717) is 17.4 Å². The number of fused-ring (bicyclic) bond motifs is 3. The maximum absolute atomic E-state index is 13.9. The van der Waals surface area contributed by atoms with Gasteiger partial charge in [-0.25, -0.2) is 14.4 Å². The van der Waals surface area contributed by atoms with Gasteiger partial charge in [0.15, 0.2) is 5.82 Å². The third-order valence-corrected chi connectivity index (χ3v) is 4.87. The molecule has 4 nitrogen and oxygen atoms in total. The summed E-state index contributed by atoms with van der Waals surface area (Å²) >= 11 is 8.89. The van der Waals surface area contributed by atoms with Crippen molar-refractivity contribution in [1.82, 2.24) is 9.97 Å². The molecule has 1 amide bonds. The summed E-state index contributed by atoms with van der Waals surface area (Å²) in [6.45, 7) is 0.335. The molecule has 112 valence electrons. The zero-order chi connectivity index (χ0) is 15.4. The molecule has 2 aliphatic rings. The van der Waals surface area contributed by atoms with Crippen LogP contribution in [0.3, 0.4) is 0 Å². The lowest BCUT2D eigenvalue weighted by molar-refractivity contribution is -0.120. The van der Waals surface area contributed by atoms with E-state index in [-0.39, 0.29) is 22.3 Å². The van der Waals surface area contributed by atoms with Crippen LogP contribution in [-0.2, 0) is 11.3 Å². The number of anilines is 1. The highest BCUT2D eigenvalue weighted by Gasteiger charge is 2.52. The van der Waals surface area contributed by atoms with E-state index in [4.69, 9.17) is 11.6 Å². The number of amides is 1. The fraction of sp³-hybridized carbons (Fsp3) is 0.267. The van der Waals surface area contributed by atoms with Crippen molar-refractivity contribution >= 4 is 39.1 Å². The lowest BCUT2D eigenvalue weighted by Crippen LogP contribution is -2.35. The van der Waals surface area contributed by atoms with Gasteiger partial charge in [-0.05, 0) is 34.0 Å². The molecule has 1 aliphatic carbocycles. The standard InChI is InChI=1S/C15H10BrClFN3O/c16-14-10(18)4-11-13(20-14)8-3-9(8)15(22)21(11)6-7-1-2-12(17)19-5-7/h1-2,4-5,8-9H,3,6H2/t8-,9+/m0/s1. The van der Waals surface area contributed by atoms with Gasteiger partial charge >= 0.3 is 0 Å². The number of carbonyl (C=O) groups is 1. The fourth-order valence-electron chi connectivity index (χ4n) is 2.89. The Bertz CT molecular complexity index is 783. The van der Waals surface area contributed by atoms with E-state index in [1.807, 2.05) is 6.07 Å². The van der Waals surface area contributed by atoms with Crippen molar-refractivity contribution < 1.29 is 9.18 Å². The van der Waals surface area contributed by atoms with Crippen LogP contribution >= 0.6 is 27.5 Å². The number of rotatable bonds is 2. The number of pyridine rings is 2. The highest BCUT2D eigenvalue weighted by atomic mass is 79.9. The molecule has 2 atom stereocenters. The van der Waals surface area contributed by atoms with Crippen LogP contribution in [0.2, 0.25) is 5.15 Å². The third kappa shape index (κ3) is 2.21. The van der Waals surface area contributed by atoms with E-state index >= 15 is 0 Å². The van der Waals surface area contributed by atoms with E-state index < -0.39 is 5.82 Å². The first kappa shape index (κ1) is 14.1. The van der Waals surface area contributed by atoms with Crippen LogP contribution in [0, 0.1) is 11.7 Å². The van der Waals surface area contributed by atoms with E-state index in [1.165, 1.54) is 6.07 Å². The van der Waals surface area contributed by atoms with Gasteiger partial charge in [0, 0.05) is 24.1 Å². The largest absolute Gasteiger partial charge is 0.306 e. The summed E-state index contributed by atoms with van der Waals surface area (Å²) in [6.07, 6.45) is 2.41. The van der Waals surface area contributed by atoms with Crippen molar-refractivity contribution in [2.45, 2.75) is 18.9 Å². The Morgan fingerprint density at radius 3 is 2.95 bits per heavy atom. The lowest BCUT2D eigenvalue weighted by atomic mass is 10.1. The van der Waals surface area contributed by atoms with Crippen molar-refractivity contribution in [3.8, 4) is 0 Å². The molecule has 0 unspecified atom stereocenters. The minimum absolute atomic E-state index is 0.0240. The molecule has 1 saturated carbocycles. The van der Waals surface area contributed by atoms with Gasteiger partial charge in [-0.1, -0.05) is 17.7 Å². The number of aromatic nitrogens is 2. The van der Waals surface area contributed by atoms with Crippen molar-refractivity contribution in [2.24, 2.45) is 5.92 Å². The molecule has 1 fully saturated rings. The van der Waals surface area contributed by atoms with Gasteiger partial charge in [-0.2, -0.15) is 0 Å². The number of halogens is 3. The van der Waals surface area contributed by atoms with Crippen LogP contribution in [-0.4, -0.2) is 15.9 Å². The summed E-state index contributed by atoms with van der Waals surface area (Å²) in [4.78, 5) is 22.4. The van der Waals surface area contributed by atoms with E-state index in [1.54, 1.807) is 17.2 Å². The van der Waals surface area contributed by atoms with Crippen LogP contribution in [0.4, 0.5) is 10.1 Å². The average molecular weight is 383 g/mol. The topological polar surface area (TPSA) is 46.1 Å². The fourth-order valence-corrected chi connectivity index (χ4v) is 3.31. The van der Waals surface area contributed by atoms with Gasteiger partial charge in [0.25, 0.3) is 0 Å². The molecule has 2 aromatic rings. The number of carbonyl (C=O) groups excluding carboxylic acids is 1. The molecule has 1 aliphatic heterocycles. The first-order valence-electron chi connectivity index (χ1n) is 6.82. The maximum Gasteiger partial charge on any atom is 0.231 e. The summed E-state index contributed by atoms with van der Waals surface area (Å²) in [5.74, 6) is -0.350. The Hall–Kier alpha value is -1.53. The first-order chi connectivity index (χ1) is 10.5. The molecule has 0 N–H and O–H groups in total. The Labute approximate surface area is 139 Å². The van der Waals surface area contributed by atoms with Crippen LogP contribution in [0.15, 0.2) is 29.0 Å². The van der Waals surface area contributed by atoms with Crippen molar-refractivity contribution in [2.75, 3.05) is 4.90 Å². The number of nitrogens with zero attached hydrogens (tertiary/aromatic N) is 3. The molecule has 0 spiro atoms. The molecular weight excluding hydrogens is 373 g/mol. The predicted molar refractivity (Wildman–Crippen MR) is 83.2 cm³/mol. The van der Waals surface area contributed by atoms with Crippen molar-refractivity contribution in [1.29, 1.82) is 0 Å². The molecule has 2 aromatic heterocycles. The lowest BCUT2D eigenvalue weighted by Gasteiger charge is -2.28. The second kappa shape index (κ2) is 4.99. The molecule has 0 radical (unpaired) electrons. The van der Waals surface area contributed by atoms with Gasteiger partial charge in [-0.15, -0.1) is 0 Å². The maximum atomic E-state index is 13.9. The minimum Gasteiger partial charge on any atom is -0.306 e. The Balaban J connectivity index is 1.75. The molecule has 0 aromatic carbocycles. The van der Waals surface area contributed by atoms with Crippen LogP contribution < -0.4 is 4.90 Å². The van der Waals surface area contributed by atoms with E-state index in [0.717, 1.165) is 17.7 Å². The molecule has 7 heteroatoms. The van der Waals surface area contributed by atoms with E-state index in [2.05, 4.69) is 25.9 Å². The zero-order valence-corrected chi connectivity index (χ0v) is 13.6. The normalized spacial score (nSPS) is 22.3. The summed E-state index contributed by atoms with van der Waals surface area (Å²) in [5, 5.41) is 0.396. The quantitative estimate of drug-likeness (QED) is 0.744. The average Bonchev–Trinajstić information content (AvgIpc) is 3.28. The Morgan fingerprint density at radius 2 is 2.23 bits per heavy atom. The highest BCUT2D eigenvalue weighted by Crippen LogP contribution is 2.55. The first-order valence-corrected chi connectivity index (χ1v) is 7.99. The van der Waals surface area contributed by atoms with E-state index in [9.17, 15) is 9.18 Å². The zero-order valence-electron chi connectivity index (χ0n) is 11.3. The van der Waals surface area contributed by atoms with Crippen molar-refractivity contribution in [3.05, 3.63) is 51.2 Å². The second-order valence-corrected chi connectivity index (χ2v) is 6.67. The smallest absolute Gasteiger partial charge is 0.231 e. The monoisotopic (exact) mass is 381 g/mol. The van der Waals surface area contributed by atoms with Gasteiger partial charge in [-0.3, -0.25) is 4.79 Å². The Morgan fingerprint density at radius 1 is 1.41 bits per heavy atom. The summed E-state index contributed by atoms with van der Waals surface area (Å²) in [6, 6.07) is 4.86. The summed E-state index contributed by atoms with van der Waals surface area (Å²) in [7, 11) is 0. The van der Waals surface area contributed by atoms with Crippen molar-refractivity contribution in [3.63, 3.8) is 0 Å². The van der Waals surface area contributed by atoms with Gasteiger partial charge in [0.1, 0.15) is 9.76 Å². The van der Waals surface area contributed by atoms with Crippen LogP contribution in [0.25, 0.3) is 0 Å². The minimum atomic E-state index is -0.468.